The van der Waals surface area contributed by atoms with Crippen LogP contribution in [-0.2, 0) is 11.4 Å². The predicted molar refractivity (Wildman–Crippen MR) is 88.4 cm³/mol. The van der Waals surface area contributed by atoms with Crippen LogP contribution in [0.4, 0.5) is 5.69 Å². The Bertz CT molecular complexity index is 613. The number of hydrogen-bond donors (Lipinski definition) is 3. The number of benzene rings is 2. The third-order valence-corrected chi connectivity index (χ3v) is 3.57. The highest BCUT2D eigenvalue weighted by atomic mass is 16.3. The lowest BCUT2D eigenvalue weighted by Gasteiger charge is -2.20. The highest BCUT2D eigenvalue weighted by molar-refractivity contribution is 5.94. The zero-order valence-electron chi connectivity index (χ0n) is 12.9. The number of aliphatic hydroxyl groups excluding tert-OH is 1. The monoisotopic (exact) mass is 298 g/mol. The van der Waals surface area contributed by atoms with Crippen LogP contribution in [0.25, 0.3) is 0 Å². The van der Waals surface area contributed by atoms with E-state index >= 15 is 0 Å². The van der Waals surface area contributed by atoms with Crippen LogP contribution < -0.4 is 10.6 Å². The second-order valence-electron chi connectivity index (χ2n) is 5.37. The Kier molecular flexibility index (Phi) is 5.69. The molecule has 116 valence electrons. The lowest BCUT2D eigenvalue weighted by Crippen LogP contribution is -2.39. The summed E-state index contributed by atoms with van der Waals surface area (Å²) in [5.41, 5.74) is 2.70. The van der Waals surface area contributed by atoms with Gasteiger partial charge >= 0.3 is 0 Å². The second-order valence-corrected chi connectivity index (χ2v) is 5.37. The molecule has 0 saturated carbocycles. The molecule has 0 aliphatic carbocycles. The summed E-state index contributed by atoms with van der Waals surface area (Å²) in [5.74, 6) is -0.0728. The molecule has 0 aromatic heterocycles. The number of para-hydroxylation sites is 1. The summed E-state index contributed by atoms with van der Waals surface area (Å²) in [5, 5.41) is 15.3. The van der Waals surface area contributed by atoms with E-state index in [0.717, 1.165) is 16.8 Å². The highest BCUT2D eigenvalue weighted by Gasteiger charge is 2.16. The fourth-order valence-corrected chi connectivity index (χ4v) is 2.28. The minimum Gasteiger partial charge on any atom is -0.392 e. The van der Waals surface area contributed by atoms with Crippen molar-refractivity contribution in [2.24, 2.45) is 0 Å². The molecule has 0 aliphatic rings. The summed E-state index contributed by atoms with van der Waals surface area (Å²) < 4.78 is 0. The number of rotatable bonds is 6. The van der Waals surface area contributed by atoms with Crippen molar-refractivity contribution in [2.75, 3.05) is 5.32 Å². The van der Waals surface area contributed by atoms with Crippen molar-refractivity contribution in [3.8, 4) is 0 Å². The van der Waals surface area contributed by atoms with E-state index in [9.17, 15) is 9.90 Å². The standard InChI is InChI=1S/C18H22N2O2/c1-13(16-8-6-7-15(11-16)12-21)19-14(2)18(22)20-17-9-4-3-5-10-17/h3-11,13-14,19,21H,12H2,1-2H3,(H,20,22)/t13-,14-/m1/s1. The Hall–Kier alpha value is -2.17. The zero-order valence-corrected chi connectivity index (χ0v) is 12.9. The molecular formula is C18H22N2O2. The molecule has 0 aliphatic heterocycles. The van der Waals surface area contributed by atoms with Gasteiger partial charge in [0.05, 0.1) is 12.6 Å². The molecule has 0 radical (unpaired) electrons. The second kappa shape index (κ2) is 7.73. The topological polar surface area (TPSA) is 61.4 Å². The maximum atomic E-state index is 12.2. The van der Waals surface area contributed by atoms with Gasteiger partial charge in [0.25, 0.3) is 0 Å². The SMILES string of the molecule is C[C@@H](N[C@H](C)c1cccc(CO)c1)C(=O)Nc1ccccc1. The minimum atomic E-state index is -0.326. The van der Waals surface area contributed by atoms with Gasteiger partial charge in [0.15, 0.2) is 0 Å². The summed E-state index contributed by atoms with van der Waals surface area (Å²) in [6.45, 7) is 3.86. The Morgan fingerprint density at radius 2 is 1.82 bits per heavy atom. The van der Waals surface area contributed by atoms with E-state index in [4.69, 9.17) is 0 Å². The van der Waals surface area contributed by atoms with E-state index in [1.54, 1.807) is 0 Å². The van der Waals surface area contributed by atoms with Crippen LogP contribution in [0.2, 0.25) is 0 Å². The Morgan fingerprint density at radius 3 is 2.50 bits per heavy atom. The molecule has 2 atom stereocenters. The van der Waals surface area contributed by atoms with Crippen LogP contribution in [0.3, 0.4) is 0 Å². The number of amides is 1. The minimum absolute atomic E-state index is 0.0167. The van der Waals surface area contributed by atoms with Crippen LogP contribution in [0.15, 0.2) is 54.6 Å². The molecule has 1 amide bonds. The molecule has 0 spiro atoms. The van der Waals surface area contributed by atoms with Crippen LogP contribution in [0, 0.1) is 0 Å². The molecule has 0 fully saturated rings. The number of aliphatic hydroxyl groups is 1. The highest BCUT2D eigenvalue weighted by Crippen LogP contribution is 2.15. The third-order valence-electron chi connectivity index (χ3n) is 3.57. The van der Waals surface area contributed by atoms with Crippen molar-refractivity contribution in [2.45, 2.75) is 32.5 Å². The van der Waals surface area contributed by atoms with Gasteiger partial charge in [0.2, 0.25) is 5.91 Å². The average Bonchev–Trinajstić information content (AvgIpc) is 2.55. The first kappa shape index (κ1) is 16.2. The number of anilines is 1. The summed E-state index contributed by atoms with van der Waals surface area (Å²) in [6, 6.07) is 16.8. The first-order valence-electron chi connectivity index (χ1n) is 7.42. The summed E-state index contributed by atoms with van der Waals surface area (Å²) in [7, 11) is 0. The van der Waals surface area contributed by atoms with Gasteiger partial charge in [-0.25, -0.2) is 0 Å². The van der Waals surface area contributed by atoms with Crippen LogP contribution in [0.5, 0.6) is 0 Å². The maximum Gasteiger partial charge on any atom is 0.241 e. The quantitative estimate of drug-likeness (QED) is 0.768. The fraction of sp³-hybridized carbons (Fsp3) is 0.278. The first-order valence-corrected chi connectivity index (χ1v) is 7.42. The summed E-state index contributed by atoms with van der Waals surface area (Å²) in [4.78, 5) is 12.2. The Balaban J connectivity index is 1.95. The van der Waals surface area contributed by atoms with E-state index in [0.29, 0.717) is 0 Å². The van der Waals surface area contributed by atoms with Crippen molar-refractivity contribution >= 4 is 11.6 Å². The molecule has 4 heteroatoms. The zero-order chi connectivity index (χ0) is 15.9. The molecule has 2 rings (SSSR count). The third kappa shape index (κ3) is 4.41. The predicted octanol–water partition coefficient (Wildman–Crippen LogP) is 2.86. The van der Waals surface area contributed by atoms with Crippen LogP contribution in [0.1, 0.15) is 31.0 Å². The van der Waals surface area contributed by atoms with Gasteiger partial charge in [-0.15, -0.1) is 0 Å². The van der Waals surface area contributed by atoms with Gasteiger partial charge in [0, 0.05) is 11.7 Å². The number of carbonyl (C=O) groups excluding carboxylic acids is 1. The van der Waals surface area contributed by atoms with Gasteiger partial charge in [-0.1, -0.05) is 42.5 Å². The number of nitrogens with one attached hydrogen (secondary N) is 2. The van der Waals surface area contributed by atoms with E-state index in [2.05, 4.69) is 10.6 Å². The molecule has 0 heterocycles. The molecular weight excluding hydrogens is 276 g/mol. The van der Waals surface area contributed by atoms with Gasteiger partial charge in [0.1, 0.15) is 0 Å². The summed E-state index contributed by atoms with van der Waals surface area (Å²) in [6.07, 6.45) is 0. The average molecular weight is 298 g/mol. The molecule has 2 aromatic carbocycles. The molecule has 0 saturated heterocycles. The Morgan fingerprint density at radius 1 is 1.09 bits per heavy atom. The van der Waals surface area contributed by atoms with Crippen molar-refractivity contribution in [1.82, 2.24) is 5.32 Å². The van der Waals surface area contributed by atoms with Crippen LogP contribution >= 0.6 is 0 Å². The Labute approximate surface area is 131 Å². The molecule has 3 N–H and O–H groups in total. The molecule has 0 unspecified atom stereocenters. The lowest BCUT2D eigenvalue weighted by atomic mass is 10.0. The lowest BCUT2D eigenvalue weighted by molar-refractivity contribution is -0.117. The van der Waals surface area contributed by atoms with E-state index < -0.39 is 0 Å². The first-order chi connectivity index (χ1) is 10.6. The molecule has 2 aromatic rings. The van der Waals surface area contributed by atoms with Gasteiger partial charge in [-0.3, -0.25) is 10.1 Å². The largest absolute Gasteiger partial charge is 0.392 e. The van der Waals surface area contributed by atoms with Crippen LogP contribution in [-0.4, -0.2) is 17.1 Å². The van der Waals surface area contributed by atoms with E-state index in [1.807, 2.05) is 68.4 Å². The van der Waals surface area contributed by atoms with Gasteiger partial charge in [-0.2, -0.15) is 0 Å². The van der Waals surface area contributed by atoms with Gasteiger partial charge < -0.3 is 10.4 Å². The van der Waals surface area contributed by atoms with Crippen molar-refractivity contribution in [3.05, 3.63) is 65.7 Å². The smallest absolute Gasteiger partial charge is 0.241 e. The normalized spacial score (nSPS) is 13.4. The van der Waals surface area contributed by atoms with E-state index in [1.165, 1.54) is 0 Å². The number of carbonyl (C=O) groups is 1. The van der Waals surface area contributed by atoms with Gasteiger partial charge in [-0.05, 0) is 37.1 Å². The maximum absolute atomic E-state index is 12.2. The van der Waals surface area contributed by atoms with Crippen molar-refractivity contribution in [1.29, 1.82) is 0 Å². The fourth-order valence-electron chi connectivity index (χ4n) is 2.28. The van der Waals surface area contributed by atoms with Crippen molar-refractivity contribution in [3.63, 3.8) is 0 Å². The molecule has 0 bridgehead atoms. The number of hydrogen-bond acceptors (Lipinski definition) is 3. The van der Waals surface area contributed by atoms with E-state index in [-0.39, 0.29) is 24.6 Å². The van der Waals surface area contributed by atoms with Crippen molar-refractivity contribution < 1.29 is 9.90 Å². The molecule has 4 nitrogen and oxygen atoms in total. The molecule has 22 heavy (non-hydrogen) atoms. The summed E-state index contributed by atoms with van der Waals surface area (Å²) >= 11 is 0.